The molecule has 0 unspecified atom stereocenters. The first-order chi connectivity index (χ1) is 11.5. The second-order valence-corrected chi connectivity index (χ2v) is 6.60. The Bertz CT molecular complexity index is 753. The fraction of sp³-hybridized carbons (Fsp3) is 0.381. The summed E-state index contributed by atoms with van der Waals surface area (Å²) in [6.45, 7) is 8.20. The number of nitrogens with zero attached hydrogens (tertiary/aromatic N) is 1. The van der Waals surface area contributed by atoms with Crippen molar-refractivity contribution in [3.05, 3.63) is 59.2 Å². The highest BCUT2D eigenvalue weighted by molar-refractivity contribution is 5.99. The summed E-state index contributed by atoms with van der Waals surface area (Å²) in [5, 5.41) is 0. The van der Waals surface area contributed by atoms with Crippen LogP contribution in [0.4, 0.5) is 5.69 Å². The lowest BCUT2D eigenvalue weighted by atomic mass is 10.1. The predicted molar refractivity (Wildman–Crippen MR) is 97.7 cm³/mol. The minimum Gasteiger partial charge on any atom is -0.480 e. The molecule has 0 aliphatic carbocycles. The van der Waals surface area contributed by atoms with Crippen molar-refractivity contribution in [3.63, 3.8) is 0 Å². The van der Waals surface area contributed by atoms with Crippen molar-refractivity contribution in [2.45, 2.75) is 52.7 Å². The molecule has 2 aromatic rings. The zero-order valence-corrected chi connectivity index (χ0v) is 14.9. The minimum absolute atomic E-state index is 0.0517. The van der Waals surface area contributed by atoms with E-state index >= 15 is 0 Å². The second kappa shape index (κ2) is 6.68. The Labute approximate surface area is 144 Å². The number of rotatable bonds is 4. The van der Waals surface area contributed by atoms with Crippen LogP contribution in [0, 0.1) is 13.8 Å². The van der Waals surface area contributed by atoms with E-state index in [2.05, 4.69) is 26.0 Å². The van der Waals surface area contributed by atoms with Crippen LogP contribution in [-0.4, -0.2) is 18.1 Å². The number of carbonyl (C=O) groups is 1. The van der Waals surface area contributed by atoms with Crippen molar-refractivity contribution >= 4 is 11.6 Å². The van der Waals surface area contributed by atoms with Gasteiger partial charge in [-0.3, -0.25) is 4.79 Å². The largest absolute Gasteiger partial charge is 0.480 e. The Kier molecular flexibility index (Phi) is 4.61. The summed E-state index contributed by atoms with van der Waals surface area (Å²) in [7, 11) is 0. The average molecular weight is 323 g/mol. The Morgan fingerprint density at radius 1 is 1.21 bits per heavy atom. The summed E-state index contributed by atoms with van der Waals surface area (Å²) >= 11 is 0. The first kappa shape index (κ1) is 16.6. The van der Waals surface area contributed by atoms with E-state index < -0.39 is 6.10 Å². The highest BCUT2D eigenvalue weighted by Gasteiger charge is 2.35. The number of hydrogen-bond donors (Lipinski definition) is 0. The molecule has 0 bridgehead atoms. The van der Waals surface area contributed by atoms with E-state index in [-0.39, 0.29) is 11.9 Å². The van der Waals surface area contributed by atoms with Crippen LogP contribution in [0.1, 0.15) is 37.0 Å². The summed E-state index contributed by atoms with van der Waals surface area (Å²) in [6.07, 6.45) is 1.10. The third kappa shape index (κ3) is 2.91. The monoisotopic (exact) mass is 323 g/mol. The lowest BCUT2D eigenvalue weighted by Crippen LogP contribution is -2.44. The van der Waals surface area contributed by atoms with Crippen molar-refractivity contribution in [3.8, 4) is 5.75 Å². The smallest absolute Gasteiger partial charge is 0.268 e. The lowest BCUT2D eigenvalue weighted by molar-refractivity contribution is -0.125. The molecule has 0 spiro atoms. The number of hydrogen-bond acceptors (Lipinski definition) is 2. The molecule has 0 saturated carbocycles. The maximum atomic E-state index is 13.2. The molecule has 0 fully saturated rings. The summed E-state index contributed by atoms with van der Waals surface area (Å²) in [4.78, 5) is 15.1. The van der Waals surface area contributed by atoms with Crippen LogP contribution >= 0.6 is 0 Å². The molecule has 1 aliphatic heterocycles. The van der Waals surface area contributed by atoms with Crippen LogP contribution in [0.15, 0.2) is 42.5 Å². The molecule has 0 radical (unpaired) electrons. The van der Waals surface area contributed by atoms with E-state index in [9.17, 15) is 4.79 Å². The Morgan fingerprint density at radius 3 is 2.71 bits per heavy atom. The molecule has 3 rings (SSSR count). The van der Waals surface area contributed by atoms with Crippen LogP contribution < -0.4 is 9.64 Å². The zero-order valence-electron chi connectivity index (χ0n) is 14.9. The van der Waals surface area contributed by atoms with Crippen LogP contribution in [0.3, 0.4) is 0 Å². The molecule has 1 heterocycles. The number of ether oxygens (including phenoxy) is 1. The molecule has 0 N–H and O–H groups in total. The Hall–Kier alpha value is -2.29. The number of para-hydroxylation sites is 1. The first-order valence-electron chi connectivity index (χ1n) is 8.66. The first-order valence-corrected chi connectivity index (χ1v) is 8.66. The number of benzene rings is 2. The highest BCUT2D eigenvalue weighted by atomic mass is 16.5. The summed E-state index contributed by atoms with van der Waals surface area (Å²) in [5.74, 6) is 0.853. The third-order valence-electron chi connectivity index (χ3n) is 4.92. The minimum atomic E-state index is -0.459. The molecular weight excluding hydrogens is 298 g/mol. The average Bonchev–Trinajstić information content (AvgIpc) is 2.91. The van der Waals surface area contributed by atoms with Gasteiger partial charge in [-0.1, -0.05) is 37.3 Å². The normalized spacial score (nSPS) is 17.5. The van der Waals surface area contributed by atoms with Gasteiger partial charge < -0.3 is 9.64 Å². The van der Waals surface area contributed by atoms with Crippen molar-refractivity contribution < 1.29 is 9.53 Å². The van der Waals surface area contributed by atoms with Gasteiger partial charge in [0.1, 0.15) is 5.75 Å². The van der Waals surface area contributed by atoms with E-state index in [4.69, 9.17) is 4.74 Å². The molecule has 24 heavy (non-hydrogen) atoms. The fourth-order valence-electron chi connectivity index (χ4n) is 3.37. The van der Waals surface area contributed by atoms with E-state index in [0.717, 1.165) is 23.4 Å². The summed E-state index contributed by atoms with van der Waals surface area (Å²) in [5.41, 5.74) is 4.53. The topological polar surface area (TPSA) is 29.5 Å². The maximum absolute atomic E-state index is 13.2. The quantitative estimate of drug-likeness (QED) is 0.832. The van der Waals surface area contributed by atoms with Gasteiger partial charge in [-0.15, -0.1) is 0 Å². The lowest BCUT2D eigenvalue weighted by Gasteiger charge is -2.28. The molecule has 0 saturated heterocycles. The second-order valence-electron chi connectivity index (χ2n) is 6.60. The highest BCUT2D eigenvalue weighted by Crippen LogP contribution is 2.33. The van der Waals surface area contributed by atoms with Gasteiger partial charge in [0.15, 0.2) is 6.10 Å². The number of fused-ring (bicyclic) bond motifs is 1. The van der Waals surface area contributed by atoms with Crippen molar-refractivity contribution in [2.24, 2.45) is 0 Å². The number of aryl methyl sites for hydroxylation is 1. The molecule has 1 amide bonds. The van der Waals surface area contributed by atoms with Gasteiger partial charge in [-0.25, -0.2) is 0 Å². The molecular formula is C21H25NO2. The van der Waals surface area contributed by atoms with E-state index in [1.54, 1.807) is 0 Å². The predicted octanol–water partition coefficient (Wildman–Crippen LogP) is 4.44. The summed E-state index contributed by atoms with van der Waals surface area (Å²) < 4.78 is 6.12. The van der Waals surface area contributed by atoms with E-state index in [1.807, 2.05) is 49.1 Å². The number of carbonyl (C=O) groups excluding carboxylic acids is 1. The molecule has 126 valence electrons. The van der Waals surface area contributed by atoms with Crippen molar-refractivity contribution in [2.75, 3.05) is 4.90 Å². The van der Waals surface area contributed by atoms with Gasteiger partial charge in [0.25, 0.3) is 5.91 Å². The molecule has 1 aliphatic rings. The summed E-state index contributed by atoms with van der Waals surface area (Å²) in [6, 6.07) is 14.3. The van der Waals surface area contributed by atoms with Crippen LogP contribution in [-0.2, 0) is 11.2 Å². The standard InChI is InChI=1S/C21H25NO2/c1-5-19(24-20-12-8-9-14(2)16(20)4)21(23)22-15(3)13-17-10-6-7-11-18(17)22/h6-12,15,19H,5,13H2,1-4H3/t15-,19+/m0/s1. The van der Waals surface area contributed by atoms with Gasteiger partial charge in [-0.2, -0.15) is 0 Å². The van der Waals surface area contributed by atoms with Gasteiger partial charge in [0.05, 0.1) is 0 Å². The van der Waals surface area contributed by atoms with Crippen LogP contribution in [0.25, 0.3) is 0 Å². The number of anilines is 1. The van der Waals surface area contributed by atoms with Gasteiger partial charge in [0.2, 0.25) is 0 Å². The molecule has 3 nitrogen and oxygen atoms in total. The Balaban J connectivity index is 1.86. The molecule has 0 aromatic heterocycles. The van der Waals surface area contributed by atoms with E-state index in [1.165, 1.54) is 11.1 Å². The third-order valence-corrected chi connectivity index (χ3v) is 4.92. The van der Waals surface area contributed by atoms with Gasteiger partial charge >= 0.3 is 0 Å². The van der Waals surface area contributed by atoms with Crippen molar-refractivity contribution in [1.82, 2.24) is 0 Å². The molecule has 2 aromatic carbocycles. The van der Waals surface area contributed by atoms with Crippen molar-refractivity contribution in [1.29, 1.82) is 0 Å². The van der Waals surface area contributed by atoms with Gasteiger partial charge in [0, 0.05) is 11.7 Å². The maximum Gasteiger partial charge on any atom is 0.268 e. The number of amides is 1. The van der Waals surface area contributed by atoms with Crippen LogP contribution in [0.2, 0.25) is 0 Å². The zero-order chi connectivity index (χ0) is 17.3. The van der Waals surface area contributed by atoms with Crippen LogP contribution in [0.5, 0.6) is 5.75 Å². The van der Waals surface area contributed by atoms with E-state index in [0.29, 0.717) is 6.42 Å². The fourth-order valence-corrected chi connectivity index (χ4v) is 3.37. The molecule has 2 atom stereocenters. The SMILES string of the molecule is CC[C@@H](Oc1cccc(C)c1C)C(=O)N1c2ccccc2C[C@@H]1C. The Morgan fingerprint density at radius 2 is 1.96 bits per heavy atom. The van der Waals surface area contributed by atoms with Gasteiger partial charge in [-0.05, 0) is 62.4 Å². The molecule has 3 heteroatoms.